The van der Waals surface area contributed by atoms with Crippen LogP contribution in [0.1, 0.15) is 38.2 Å². The standard InChI is InChI=1S/C22H23Cl2N3O3/c1-14(15-6-9-18(10-7-15)25-22(29)16-4-5-16)26-27-21(28)3-2-12-30-20-11-8-17(23)13-19(20)24/h6-11,13,16H,2-5,12H2,1H3,(H,25,29)(H,27,28)/b26-14+. The van der Waals surface area contributed by atoms with E-state index in [9.17, 15) is 9.59 Å². The molecular formula is C22H23Cl2N3O3. The Labute approximate surface area is 185 Å². The molecule has 1 fully saturated rings. The summed E-state index contributed by atoms with van der Waals surface area (Å²) in [6.07, 6.45) is 2.73. The van der Waals surface area contributed by atoms with Gasteiger partial charge in [-0.25, -0.2) is 5.43 Å². The first-order valence-corrected chi connectivity index (χ1v) is 10.5. The number of amides is 2. The van der Waals surface area contributed by atoms with Gasteiger partial charge in [0.1, 0.15) is 5.75 Å². The molecule has 30 heavy (non-hydrogen) atoms. The summed E-state index contributed by atoms with van der Waals surface area (Å²) >= 11 is 11.9. The topological polar surface area (TPSA) is 79.8 Å². The van der Waals surface area contributed by atoms with Crippen molar-refractivity contribution >= 4 is 46.4 Å². The van der Waals surface area contributed by atoms with Crippen molar-refractivity contribution in [3.8, 4) is 5.75 Å². The molecule has 1 saturated carbocycles. The maximum absolute atomic E-state index is 12.0. The van der Waals surface area contributed by atoms with Crippen LogP contribution in [-0.2, 0) is 9.59 Å². The molecule has 2 N–H and O–H groups in total. The van der Waals surface area contributed by atoms with Gasteiger partial charge in [-0.1, -0.05) is 35.3 Å². The molecule has 0 heterocycles. The molecule has 1 aliphatic rings. The summed E-state index contributed by atoms with van der Waals surface area (Å²) in [5.74, 6) is 0.569. The van der Waals surface area contributed by atoms with Gasteiger partial charge in [-0.15, -0.1) is 0 Å². The number of rotatable bonds is 9. The molecule has 0 radical (unpaired) electrons. The van der Waals surface area contributed by atoms with E-state index in [4.69, 9.17) is 27.9 Å². The van der Waals surface area contributed by atoms with Crippen LogP contribution < -0.4 is 15.5 Å². The lowest BCUT2D eigenvalue weighted by molar-refractivity contribution is -0.121. The van der Waals surface area contributed by atoms with Crippen molar-refractivity contribution in [2.45, 2.75) is 32.6 Å². The predicted molar refractivity (Wildman–Crippen MR) is 119 cm³/mol. The molecule has 1 aliphatic carbocycles. The number of hydrazone groups is 1. The largest absolute Gasteiger partial charge is 0.492 e. The number of hydrogen-bond acceptors (Lipinski definition) is 4. The number of nitrogens with zero attached hydrogens (tertiary/aromatic N) is 1. The van der Waals surface area contributed by atoms with Crippen molar-refractivity contribution in [2.24, 2.45) is 11.0 Å². The molecule has 158 valence electrons. The minimum Gasteiger partial charge on any atom is -0.492 e. The van der Waals surface area contributed by atoms with E-state index in [0.717, 1.165) is 24.1 Å². The molecular weight excluding hydrogens is 425 g/mol. The SMILES string of the molecule is C/C(=N\NC(=O)CCCOc1ccc(Cl)cc1Cl)c1ccc(NC(=O)C2CC2)cc1. The van der Waals surface area contributed by atoms with Gasteiger partial charge in [0.2, 0.25) is 11.8 Å². The van der Waals surface area contributed by atoms with Crippen molar-refractivity contribution in [1.82, 2.24) is 5.43 Å². The monoisotopic (exact) mass is 447 g/mol. The summed E-state index contributed by atoms with van der Waals surface area (Å²) < 4.78 is 5.56. The minimum absolute atomic E-state index is 0.0720. The second kappa shape index (κ2) is 10.5. The smallest absolute Gasteiger partial charge is 0.240 e. The van der Waals surface area contributed by atoms with Crippen LogP contribution in [0.5, 0.6) is 5.75 Å². The Hall–Kier alpha value is -2.57. The molecule has 8 heteroatoms. The number of halogens is 2. The van der Waals surface area contributed by atoms with Crippen molar-refractivity contribution < 1.29 is 14.3 Å². The maximum atomic E-state index is 12.0. The van der Waals surface area contributed by atoms with Crippen LogP contribution in [-0.4, -0.2) is 24.1 Å². The minimum atomic E-state index is -0.200. The highest BCUT2D eigenvalue weighted by atomic mass is 35.5. The molecule has 2 amide bonds. The van der Waals surface area contributed by atoms with Crippen LogP contribution in [0.15, 0.2) is 47.6 Å². The summed E-state index contributed by atoms with van der Waals surface area (Å²) in [5, 5.41) is 8.00. The molecule has 3 rings (SSSR count). The Morgan fingerprint density at radius 1 is 1.13 bits per heavy atom. The summed E-state index contributed by atoms with van der Waals surface area (Å²) in [5.41, 5.74) is 4.84. The Kier molecular flexibility index (Phi) is 7.71. The highest BCUT2D eigenvalue weighted by molar-refractivity contribution is 6.35. The van der Waals surface area contributed by atoms with Gasteiger partial charge in [-0.05, 0) is 62.1 Å². The lowest BCUT2D eigenvalue weighted by atomic mass is 10.1. The lowest BCUT2D eigenvalue weighted by Gasteiger charge is -2.08. The van der Waals surface area contributed by atoms with Crippen LogP contribution in [0.3, 0.4) is 0 Å². The first-order chi connectivity index (χ1) is 14.4. The highest BCUT2D eigenvalue weighted by Crippen LogP contribution is 2.30. The van der Waals surface area contributed by atoms with E-state index < -0.39 is 0 Å². The number of hydrogen-bond donors (Lipinski definition) is 2. The van der Waals surface area contributed by atoms with Crippen LogP contribution in [0.2, 0.25) is 10.0 Å². The zero-order valence-electron chi connectivity index (χ0n) is 16.6. The zero-order chi connectivity index (χ0) is 21.5. The maximum Gasteiger partial charge on any atom is 0.240 e. The molecule has 6 nitrogen and oxygen atoms in total. The van der Waals surface area contributed by atoms with Gasteiger partial charge in [-0.3, -0.25) is 9.59 Å². The summed E-state index contributed by atoms with van der Waals surface area (Å²) in [6.45, 7) is 2.16. The molecule has 0 unspecified atom stereocenters. The van der Waals surface area contributed by atoms with E-state index in [-0.39, 0.29) is 24.2 Å². The van der Waals surface area contributed by atoms with Crippen molar-refractivity contribution in [1.29, 1.82) is 0 Å². The third-order valence-corrected chi connectivity index (χ3v) is 5.10. The van der Waals surface area contributed by atoms with E-state index in [2.05, 4.69) is 15.8 Å². The van der Waals surface area contributed by atoms with Crippen LogP contribution in [0.4, 0.5) is 5.69 Å². The van der Waals surface area contributed by atoms with E-state index in [0.29, 0.717) is 34.5 Å². The fraction of sp³-hybridized carbons (Fsp3) is 0.318. The quantitative estimate of drug-likeness (QED) is 0.320. The van der Waals surface area contributed by atoms with Crippen molar-refractivity contribution in [3.05, 3.63) is 58.1 Å². The van der Waals surface area contributed by atoms with Gasteiger partial charge >= 0.3 is 0 Å². The number of nitrogens with one attached hydrogen (secondary N) is 2. The fourth-order valence-corrected chi connectivity index (χ4v) is 3.12. The van der Waals surface area contributed by atoms with Gasteiger partial charge < -0.3 is 10.1 Å². The molecule has 0 saturated heterocycles. The van der Waals surface area contributed by atoms with Gasteiger partial charge in [0, 0.05) is 23.0 Å². The number of carbonyl (C=O) groups is 2. The number of anilines is 1. The molecule has 0 atom stereocenters. The second-order valence-electron chi connectivity index (χ2n) is 7.10. The fourth-order valence-electron chi connectivity index (χ4n) is 2.66. The number of benzene rings is 2. The zero-order valence-corrected chi connectivity index (χ0v) is 18.1. The third kappa shape index (κ3) is 6.75. The summed E-state index contributed by atoms with van der Waals surface area (Å²) in [4.78, 5) is 23.8. The average molecular weight is 448 g/mol. The molecule has 0 aliphatic heterocycles. The number of ether oxygens (including phenoxy) is 1. The molecule has 0 spiro atoms. The van der Waals surface area contributed by atoms with E-state index >= 15 is 0 Å². The van der Waals surface area contributed by atoms with E-state index in [1.54, 1.807) is 18.2 Å². The molecule has 2 aromatic carbocycles. The van der Waals surface area contributed by atoms with Crippen LogP contribution in [0, 0.1) is 5.92 Å². The normalized spacial score (nSPS) is 13.6. The Bertz CT molecular complexity index is 941. The first-order valence-electron chi connectivity index (χ1n) is 9.74. The van der Waals surface area contributed by atoms with Crippen molar-refractivity contribution in [3.63, 3.8) is 0 Å². The lowest BCUT2D eigenvalue weighted by Crippen LogP contribution is -2.19. The second-order valence-corrected chi connectivity index (χ2v) is 7.94. The Balaban J connectivity index is 1.39. The van der Waals surface area contributed by atoms with Crippen LogP contribution in [0.25, 0.3) is 0 Å². The van der Waals surface area contributed by atoms with Crippen LogP contribution >= 0.6 is 23.2 Å². The van der Waals surface area contributed by atoms with Gasteiger partial charge in [0.15, 0.2) is 0 Å². The van der Waals surface area contributed by atoms with Gasteiger partial charge in [0.25, 0.3) is 0 Å². The highest BCUT2D eigenvalue weighted by Gasteiger charge is 2.29. The third-order valence-electron chi connectivity index (χ3n) is 4.57. The summed E-state index contributed by atoms with van der Waals surface area (Å²) in [7, 11) is 0. The van der Waals surface area contributed by atoms with Gasteiger partial charge in [0.05, 0.1) is 17.3 Å². The summed E-state index contributed by atoms with van der Waals surface area (Å²) in [6, 6.07) is 12.4. The van der Waals surface area contributed by atoms with E-state index in [1.807, 2.05) is 31.2 Å². The Morgan fingerprint density at radius 2 is 1.87 bits per heavy atom. The molecule has 2 aromatic rings. The Morgan fingerprint density at radius 3 is 2.53 bits per heavy atom. The van der Waals surface area contributed by atoms with E-state index in [1.165, 1.54) is 0 Å². The molecule has 0 bridgehead atoms. The molecule has 0 aromatic heterocycles. The van der Waals surface area contributed by atoms with Crippen molar-refractivity contribution in [2.75, 3.05) is 11.9 Å². The average Bonchev–Trinajstić information content (AvgIpc) is 3.57. The predicted octanol–water partition coefficient (Wildman–Crippen LogP) is 5.04. The first kappa shape index (κ1) is 22.1. The number of carbonyl (C=O) groups excluding carboxylic acids is 2. The van der Waals surface area contributed by atoms with Gasteiger partial charge in [-0.2, -0.15) is 5.10 Å².